The first-order valence-electron chi connectivity index (χ1n) is 13.1. The molecule has 0 aromatic rings. The molecule has 4 aliphatic carbocycles. The van der Waals surface area contributed by atoms with Crippen LogP contribution in [-0.4, -0.2) is 21.4 Å². The third-order valence-electron chi connectivity index (χ3n) is 10.9. The molecule has 172 valence electrons. The zero-order chi connectivity index (χ0) is 21.9. The van der Waals surface area contributed by atoms with Crippen LogP contribution in [0.25, 0.3) is 0 Å². The Hall–Kier alpha value is -0.340. The SMILES string of the molecule is CC[C@]1(O)CC[C@@]2(C)C(=CC[C@@H]3[C@@H]2CC[C@]2(C)C([C@H](C)CCC(C)(C)O)CC[C@@H]32)C1. The van der Waals surface area contributed by atoms with E-state index in [0.717, 1.165) is 55.8 Å². The average Bonchev–Trinajstić information content (AvgIpc) is 3.03. The largest absolute Gasteiger partial charge is 0.390 e. The Kier molecular flexibility index (Phi) is 5.80. The molecule has 4 rings (SSSR count). The molecule has 2 heteroatoms. The second-order valence-corrected chi connectivity index (χ2v) is 13.1. The molecule has 0 heterocycles. The Morgan fingerprint density at radius 3 is 2.50 bits per heavy atom. The van der Waals surface area contributed by atoms with Gasteiger partial charge in [0.25, 0.3) is 0 Å². The van der Waals surface area contributed by atoms with Crippen molar-refractivity contribution in [1.29, 1.82) is 0 Å². The Bertz CT molecular complexity index is 675. The lowest BCUT2D eigenvalue weighted by Crippen LogP contribution is -2.52. The molecule has 0 bridgehead atoms. The Labute approximate surface area is 185 Å². The van der Waals surface area contributed by atoms with Gasteiger partial charge in [0.05, 0.1) is 11.2 Å². The highest BCUT2D eigenvalue weighted by Gasteiger charge is 2.59. The first-order chi connectivity index (χ1) is 13.9. The van der Waals surface area contributed by atoms with Crippen LogP contribution < -0.4 is 0 Å². The summed E-state index contributed by atoms with van der Waals surface area (Å²) in [5.74, 6) is 4.06. The molecule has 30 heavy (non-hydrogen) atoms. The van der Waals surface area contributed by atoms with Crippen LogP contribution in [0, 0.1) is 40.4 Å². The molecule has 3 fully saturated rings. The van der Waals surface area contributed by atoms with Crippen molar-refractivity contribution >= 4 is 0 Å². The maximum absolute atomic E-state index is 11.0. The zero-order valence-corrected chi connectivity index (χ0v) is 20.6. The molecule has 0 radical (unpaired) electrons. The lowest BCUT2D eigenvalue weighted by molar-refractivity contribution is -0.0761. The third-order valence-corrected chi connectivity index (χ3v) is 10.9. The van der Waals surface area contributed by atoms with Crippen molar-refractivity contribution in [2.75, 3.05) is 0 Å². The predicted molar refractivity (Wildman–Crippen MR) is 125 cm³/mol. The number of aliphatic hydroxyl groups is 2. The van der Waals surface area contributed by atoms with Crippen LogP contribution in [0.1, 0.15) is 112 Å². The van der Waals surface area contributed by atoms with Crippen molar-refractivity contribution < 1.29 is 10.2 Å². The van der Waals surface area contributed by atoms with Crippen LogP contribution in [0.4, 0.5) is 0 Å². The summed E-state index contributed by atoms with van der Waals surface area (Å²) in [6, 6.07) is 0. The fourth-order valence-electron chi connectivity index (χ4n) is 8.77. The minimum absolute atomic E-state index is 0.330. The summed E-state index contributed by atoms with van der Waals surface area (Å²) < 4.78 is 0. The molecular weight excluding hydrogens is 368 g/mol. The van der Waals surface area contributed by atoms with Gasteiger partial charge in [-0.25, -0.2) is 0 Å². The summed E-state index contributed by atoms with van der Waals surface area (Å²) in [5.41, 5.74) is 1.42. The highest BCUT2D eigenvalue weighted by atomic mass is 16.3. The second kappa shape index (κ2) is 7.62. The quantitative estimate of drug-likeness (QED) is 0.479. The molecule has 0 amide bonds. The van der Waals surface area contributed by atoms with Crippen LogP contribution >= 0.6 is 0 Å². The number of hydrogen-bond acceptors (Lipinski definition) is 2. The van der Waals surface area contributed by atoms with Gasteiger partial charge in [-0.05, 0) is 125 Å². The normalized spacial score (nSPS) is 47.1. The van der Waals surface area contributed by atoms with Crippen molar-refractivity contribution in [3.8, 4) is 0 Å². The molecule has 8 atom stereocenters. The van der Waals surface area contributed by atoms with E-state index in [2.05, 4.69) is 33.8 Å². The first kappa shape index (κ1) is 22.8. The van der Waals surface area contributed by atoms with Gasteiger partial charge in [0.1, 0.15) is 0 Å². The second-order valence-electron chi connectivity index (χ2n) is 13.1. The molecule has 2 nitrogen and oxygen atoms in total. The molecule has 0 saturated heterocycles. The standard InChI is InChI=1S/C28H48O2/c1-7-28(30)17-16-26(5)20(18-28)8-9-21-23-11-10-22(19(2)12-14-25(3,4)29)27(23,6)15-13-24(21)26/h8,19,21-24,29-30H,7,9-18H2,1-6H3/t19-,21+,22?,23+,24+,26+,27-,28+/m1/s1. The average molecular weight is 417 g/mol. The van der Waals surface area contributed by atoms with Crippen molar-refractivity contribution in [2.24, 2.45) is 40.4 Å². The van der Waals surface area contributed by atoms with Crippen molar-refractivity contribution in [3.63, 3.8) is 0 Å². The van der Waals surface area contributed by atoms with E-state index in [9.17, 15) is 10.2 Å². The lowest BCUT2D eigenvalue weighted by Gasteiger charge is -2.59. The molecule has 4 aliphatic rings. The summed E-state index contributed by atoms with van der Waals surface area (Å²) in [6.07, 6.45) is 15.4. The van der Waals surface area contributed by atoms with Crippen LogP contribution in [0.15, 0.2) is 11.6 Å². The smallest absolute Gasteiger partial charge is 0.0682 e. The van der Waals surface area contributed by atoms with Crippen molar-refractivity contribution in [3.05, 3.63) is 11.6 Å². The van der Waals surface area contributed by atoms with Crippen LogP contribution in [0.3, 0.4) is 0 Å². The van der Waals surface area contributed by atoms with Crippen molar-refractivity contribution in [2.45, 2.75) is 123 Å². The van der Waals surface area contributed by atoms with Gasteiger partial charge in [-0.15, -0.1) is 0 Å². The van der Waals surface area contributed by atoms with E-state index in [1.165, 1.54) is 38.5 Å². The topological polar surface area (TPSA) is 40.5 Å². The van der Waals surface area contributed by atoms with Crippen LogP contribution in [0.2, 0.25) is 0 Å². The van der Waals surface area contributed by atoms with Gasteiger partial charge in [-0.1, -0.05) is 39.3 Å². The van der Waals surface area contributed by atoms with Gasteiger partial charge >= 0.3 is 0 Å². The van der Waals surface area contributed by atoms with E-state index in [1.807, 2.05) is 13.8 Å². The molecular formula is C28H48O2. The van der Waals surface area contributed by atoms with E-state index in [-0.39, 0.29) is 0 Å². The summed E-state index contributed by atoms with van der Waals surface area (Å²) in [4.78, 5) is 0. The molecule has 0 aromatic carbocycles. The van der Waals surface area contributed by atoms with Crippen LogP contribution in [0.5, 0.6) is 0 Å². The number of rotatable bonds is 5. The minimum Gasteiger partial charge on any atom is -0.390 e. The lowest BCUT2D eigenvalue weighted by atomic mass is 9.46. The van der Waals surface area contributed by atoms with E-state index in [1.54, 1.807) is 5.57 Å². The molecule has 0 aromatic heterocycles. The molecule has 1 unspecified atom stereocenters. The van der Waals surface area contributed by atoms with E-state index in [0.29, 0.717) is 16.7 Å². The molecule has 0 spiro atoms. The van der Waals surface area contributed by atoms with Gasteiger partial charge in [-0.2, -0.15) is 0 Å². The van der Waals surface area contributed by atoms with Gasteiger partial charge in [-0.3, -0.25) is 0 Å². The van der Waals surface area contributed by atoms with Crippen molar-refractivity contribution in [1.82, 2.24) is 0 Å². The molecule has 3 saturated carbocycles. The highest BCUT2D eigenvalue weighted by Crippen LogP contribution is 2.67. The maximum Gasteiger partial charge on any atom is 0.0682 e. The Morgan fingerprint density at radius 2 is 1.83 bits per heavy atom. The van der Waals surface area contributed by atoms with E-state index >= 15 is 0 Å². The summed E-state index contributed by atoms with van der Waals surface area (Å²) in [6.45, 7) is 13.7. The van der Waals surface area contributed by atoms with Crippen LogP contribution in [-0.2, 0) is 0 Å². The van der Waals surface area contributed by atoms with E-state index < -0.39 is 11.2 Å². The maximum atomic E-state index is 11.0. The Morgan fingerprint density at radius 1 is 1.10 bits per heavy atom. The van der Waals surface area contributed by atoms with Gasteiger partial charge in [0.15, 0.2) is 0 Å². The predicted octanol–water partition coefficient (Wildman–Crippen LogP) is 6.89. The summed E-state index contributed by atoms with van der Waals surface area (Å²) >= 11 is 0. The first-order valence-corrected chi connectivity index (χ1v) is 13.1. The Balaban J connectivity index is 1.52. The summed E-state index contributed by atoms with van der Waals surface area (Å²) in [5, 5.41) is 21.2. The monoisotopic (exact) mass is 416 g/mol. The third kappa shape index (κ3) is 3.72. The fraction of sp³-hybridized carbons (Fsp3) is 0.929. The molecule has 2 N–H and O–H groups in total. The highest BCUT2D eigenvalue weighted by molar-refractivity contribution is 5.27. The van der Waals surface area contributed by atoms with Gasteiger partial charge in [0.2, 0.25) is 0 Å². The molecule has 0 aliphatic heterocycles. The van der Waals surface area contributed by atoms with Gasteiger partial charge < -0.3 is 10.2 Å². The van der Waals surface area contributed by atoms with Gasteiger partial charge in [0, 0.05) is 0 Å². The number of allylic oxidation sites excluding steroid dienone is 1. The number of fused-ring (bicyclic) bond motifs is 5. The zero-order valence-electron chi connectivity index (χ0n) is 20.6. The summed E-state index contributed by atoms with van der Waals surface area (Å²) in [7, 11) is 0. The number of hydrogen-bond donors (Lipinski definition) is 2. The van der Waals surface area contributed by atoms with E-state index in [4.69, 9.17) is 0 Å². The minimum atomic E-state index is -0.536. The fourth-order valence-corrected chi connectivity index (χ4v) is 8.77.